The van der Waals surface area contributed by atoms with E-state index < -0.39 is 0 Å². The van der Waals surface area contributed by atoms with Gasteiger partial charge in [0.05, 0.1) is 23.4 Å². The Labute approximate surface area is 180 Å². The smallest absolute Gasteiger partial charge is 0.176 e. The summed E-state index contributed by atoms with van der Waals surface area (Å²) in [5.74, 6) is 0.922. The lowest BCUT2D eigenvalue weighted by Crippen LogP contribution is -2.16. The van der Waals surface area contributed by atoms with Crippen LogP contribution in [0.1, 0.15) is 28.4 Å². The van der Waals surface area contributed by atoms with Crippen LogP contribution in [0.25, 0.3) is 16.7 Å². The largest absolute Gasteiger partial charge is 0.497 e. The van der Waals surface area contributed by atoms with Crippen molar-refractivity contribution in [2.45, 2.75) is 31.2 Å². The van der Waals surface area contributed by atoms with Crippen LogP contribution in [-0.4, -0.2) is 27.7 Å². The summed E-state index contributed by atoms with van der Waals surface area (Å²) in [6.45, 7) is 5.94. The normalized spacial score (nSPS) is 12.1. The van der Waals surface area contributed by atoms with E-state index in [-0.39, 0.29) is 11.0 Å². The van der Waals surface area contributed by atoms with Crippen molar-refractivity contribution in [3.05, 3.63) is 83.4 Å². The zero-order chi connectivity index (χ0) is 21.3. The first kappa shape index (κ1) is 20.2. The average Bonchev–Trinajstić information content (AvgIpc) is 3.12. The Morgan fingerprint density at radius 2 is 1.77 bits per heavy atom. The minimum absolute atomic E-state index is 0.120. The highest BCUT2D eigenvalue weighted by Crippen LogP contribution is 2.32. The van der Waals surface area contributed by atoms with Gasteiger partial charge in [-0.3, -0.25) is 9.36 Å². The van der Waals surface area contributed by atoms with Gasteiger partial charge in [-0.2, -0.15) is 0 Å². The summed E-state index contributed by atoms with van der Waals surface area (Å²) in [6, 6.07) is 21.9. The lowest BCUT2D eigenvalue weighted by molar-refractivity contribution is 0.0993. The molecule has 1 heterocycles. The van der Waals surface area contributed by atoms with Crippen LogP contribution in [0.3, 0.4) is 0 Å². The van der Waals surface area contributed by atoms with Gasteiger partial charge in [0.2, 0.25) is 0 Å². The van der Waals surface area contributed by atoms with E-state index in [2.05, 4.69) is 4.57 Å². The number of carbonyl (C=O) groups is 1. The molecule has 152 valence electrons. The Hall–Kier alpha value is -3.05. The van der Waals surface area contributed by atoms with E-state index in [0.29, 0.717) is 0 Å². The summed E-state index contributed by atoms with van der Waals surface area (Å²) in [5, 5.41) is 0.534. The first-order valence-corrected chi connectivity index (χ1v) is 10.8. The Morgan fingerprint density at radius 1 is 1.03 bits per heavy atom. The standard InChI is InChI=1S/C25H24N2O2S/c1-16-9-10-17(2)21(15-16)24(28)18(3)30-25-26-22-7-5-6-8-23(22)27(25)19-11-13-20(29-4)14-12-19/h5-15,18H,1-4H3/t18-/m0/s1. The second kappa shape index (κ2) is 8.36. The molecule has 0 bridgehead atoms. The molecule has 0 N–H and O–H groups in total. The fraction of sp³-hybridized carbons (Fsp3) is 0.200. The van der Waals surface area contributed by atoms with Crippen LogP contribution in [-0.2, 0) is 0 Å². The number of benzene rings is 3. The van der Waals surface area contributed by atoms with Crippen LogP contribution in [0.15, 0.2) is 71.9 Å². The number of aryl methyl sites for hydroxylation is 2. The molecule has 5 heteroatoms. The molecule has 0 saturated heterocycles. The van der Waals surface area contributed by atoms with E-state index in [4.69, 9.17) is 9.72 Å². The Morgan fingerprint density at radius 3 is 2.50 bits per heavy atom. The SMILES string of the molecule is COc1ccc(-n2c(S[C@@H](C)C(=O)c3cc(C)ccc3C)nc3ccccc32)cc1. The third kappa shape index (κ3) is 3.85. The second-order valence-corrected chi connectivity index (χ2v) is 8.67. The van der Waals surface area contributed by atoms with Crippen molar-refractivity contribution in [3.8, 4) is 11.4 Å². The number of methoxy groups -OCH3 is 1. The fourth-order valence-electron chi connectivity index (χ4n) is 3.50. The van der Waals surface area contributed by atoms with Crippen molar-refractivity contribution in [1.29, 1.82) is 0 Å². The molecule has 0 aliphatic heterocycles. The van der Waals surface area contributed by atoms with Crippen molar-refractivity contribution in [2.75, 3.05) is 7.11 Å². The number of imidazole rings is 1. The maximum absolute atomic E-state index is 13.2. The molecule has 4 nitrogen and oxygen atoms in total. The van der Waals surface area contributed by atoms with Gasteiger partial charge in [-0.25, -0.2) is 4.98 Å². The number of thioether (sulfide) groups is 1. The van der Waals surface area contributed by atoms with Gasteiger partial charge in [0.15, 0.2) is 10.9 Å². The van der Waals surface area contributed by atoms with E-state index in [1.807, 2.05) is 87.5 Å². The molecule has 0 saturated carbocycles. The predicted octanol–water partition coefficient (Wildman–Crippen LogP) is 6.01. The first-order valence-electron chi connectivity index (χ1n) is 9.88. The molecule has 30 heavy (non-hydrogen) atoms. The Kier molecular flexibility index (Phi) is 5.64. The van der Waals surface area contributed by atoms with Gasteiger partial charge in [0.1, 0.15) is 5.75 Å². The molecule has 0 amide bonds. The molecule has 0 aliphatic carbocycles. The minimum atomic E-state index is -0.265. The minimum Gasteiger partial charge on any atom is -0.497 e. The quantitative estimate of drug-likeness (QED) is 0.285. The van der Waals surface area contributed by atoms with E-state index >= 15 is 0 Å². The molecule has 1 aromatic heterocycles. The third-order valence-electron chi connectivity index (χ3n) is 5.17. The molecule has 4 aromatic rings. The van der Waals surface area contributed by atoms with Gasteiger partial charge in [0, 0.05) is 11.3 Å². The average molecular weight is 417 g/mol. The number of ketones is 1. The Balaban J connectivity index is 1.73. The number of hydrogen-bond donors (Lipinski definition) is 0. The summed E-state index contributed by atoms with van der Waals surface area (Å²) < 4.78 is 7.40. The number of Topliss-reactive ketones (excluding diaryl/α,β-unsaturated/α-hetero) is 1. The predicted molar refractivity (Wildman–Crippen MR) is 123 cm³/mol. The van der Waals surface area contributed by atoms with Crippen LogP contribution in [0, 0.1) is 13.8 Å². The molecule has 0 radical (unpaired) electrons. The van der Waals surface area contributed by atoms with E-state index in [9.17, 15) is 4.79 Å². The van der Waals surface area contributed by atoms with E-state index in [0.717, 1.165) is 44.3 Å². The molecule has 4 rings (SSSR count). The van der Waals surface area contributed by atoms with Crippen molar-refractivity contribution in [1.82, 2.24) is 9.55 Å². The van der Waals surface area contributed by atoms with E-state index in [1.54, 1.807) is 7.11 Å². The summed E-state index contributed by atoms with van der Waals surface area (Å²) in [4.78, 5) is 18.0. The number of fused-ring (bicyclic) bond motifs is 1. The number of rotatable bonds is 6. The van der Waals surface area contributed by atoms with E-state index in [1.165, 1.54) is 11.8 Å². The molecule has 0 spiro atoms. The molecule has 0 unspecified atom stereocenters. The zero-order valence-electron chi connectivity index (χ0n) is 17.5. The number of nitrogens with zero attached hydrogens (tertiary/aromatic N) is 2. The van der Waals surface area contributed by atoms with Crippen LogP contribution < -0.4 is 4.74 Å². The highest BCUT2D eigenvalue weighted by molar-refractivity contribution is 8.00. The van der Waals surface area contributed by atoms with Crippen LogP contribution >= 0.6 is 11.8 Å². The monoisotopic (exact) mass is 416 g/mol. The van der Waals surface area contributed by atoms with Crippen LogP contribution in [0.5, 0.6) is 5.75 Å². The maximum atomic E-state index is 13.2. The van der Waals surface area contributed by atoms with Crippen molar-refractivity contribution >= 4 is 28.6 Å². The molecular weight excluding hydrogens is 392 g/mol. The number of carbonyl (C=O) groups excluding carboxylic acids is 1. The van der Waals surface area contributed by atoms with Gasteiger partial charge in [0.25, 0.3) is 0 Å². The molecule has 0 fully saturated rings. The topological polar surface area (TPSA) is 44.1 Å². The van der Waals surface area contributed by atoms with Gasteiger partial charge in [-0.05, 0) is 68.8 Å². The number of ether oxygens (including phenoxy) is 1. The third-order valence-corrected chi connectivity index (χ3v) is 6.22. The van der Waals surface area contributed by atoms with Crippen molar-refractivity contribution in [2.24, 2.45) is 0 Å². The summed E-state index contributed by atoms with van der Waals surface area (Å²) in [6.07, 6.45) is 0. The lowest BCUT2D eigenvalue weighted by atomic mass is 10.0. The molecule has 0 aliphatic rings. The highest BCUT2D eigenvalue weighted by atomic mass is 32.2. The first-order chi connectivity index (χ1) is 14.5. The highest BCUT2D eigenvalue weighted by Gasteiger charge is 2.22. The lowest BCUT2D eigenvalue weighted by Gasteiger charge is -2.14. The number of hydrogen-bond acceptors (Lipinski definition) is 4. The molecular formula is C25H24N2O2S. The van der Waals surface area contributed by atoms with Gasteiger partial charge in [-0.1, -0.05) is 41.6 Å². The fourth-order valence-corrected chi connectivity index (χ4v) is 4.51. The van der Waals surface area contributed by atoms with Gasteiger partial charge in [-0.15, -0.1) is 0 Å². The number of para-hydroxylation sites is 2. The zero-order valence-corrected chi connectivity index (χ0v) is 18.4. The maximum Gasteiger partial charge on any atom is 0.176 e. The second-order valence-electron chi connectivity index (χ2n) is 7.36. The Bertz CT molecular complexity index is 1210. The summed E-state index contributed by atoms with van der Waals surface area (Å²) in [5.41, 5.74) is 5.77. The van der Waals surface area contributed by atoms with Crippen LogP contribution in [0.4, 0.5) is 0 Å². The molecule has 1 atom stereocenters. The van der Waals surface area contributed by atoms with Crippen molar-refractivity contribution < 1.29 is 9.53 Å². The van der Waals surface area contributed by atoms with Gasteiger partial charge >= 0.3 is 0 Å². The van der Waals surface area contributed by atoms with Gasteiger partial charge < -0.3 is 4.74 Å². The number of aromatic nitrogens is 2. The molecule has 3 aromatic carbocycles. The van der Waals surface area contributed by atoms with Crippen LogP contribution in [0.2, 0.25) is 0 Å². The summed E-state index contributed by atoms with van der Waals surface area (Å²) in [7, 11) is 1.66. The summed E-state index contributed by atoms with van der Waals surface area (Å²) >= 11 is 1.49. The van der Waals surface area contributed by atoms with Crippen molar-refractivity contribution in [3.63, 3.8) is 0 Å².